The highest BCUT2D eigenvalue weighted by molar-refractivity contribution is 5.81. The third kappa shape index (κ3) is 2.69. The maximum absolute atomic E-state index is 5.88. The van der Waals surface area contributed by atoms with Gasteiger partial charge in [-0.3, -0.25) is 9.88 Å². The van der Waals surface area contributed by atoms with E-state index in [1.165, 1.54) is 23.8 Å². The second kappa shape index (κ2) is 5.51. The van der Waals surface area contributed by atoms with Crippen LogP contribution in [0.15, 0.2) is 36.5 Å². The van der Waals surface area contributed by atoms with E-state index in [1.54, 1.807) is 0 Å². The Morgan fingerprint density at radius 2 is 1.95 bits per heavy atom. The van der Waals surface area contributed by atoms with Gasteiger partial charge in [-0.25, -0.2) is 0 Å². The predicted molar refractivity (Wildman–Crippen MR) is 83.4 cm³/mol. The van der Waals surface area contributed by atoms with Gasteiger partial charge in [-0.15, -0.1) is 0 Å². The number of piperidine rings is 1. The van der Waals surface area contributed by atoms with Gasteiger partial charge in [-0.05, 0) is 55.6 Å². The van der Waals surface area contributed by atoms with Crippen LogP contribution in [-0.4, -0.2) is 29.5 Å². The lowest BCUT2D eigenvalue weighted by Crippen LogP contribution is -2.41. The molecule has 3 nitrogen and oxygen atoms in total. The fourth-order valence-corrected chi connectivity index (χ4v) is 2.99. The topological polar surface area (TPSA) is 42.1 Å². The number of aromatic nitrogens is 1. The summed E-state index contributed by atoms with van der Waals surface area (Å²) in [7, 11) is 0. The third-order valence-electron chi connectivity index (χ3n) is 4.69. The quantitative estimate of drug-likeness (QED) is 0.931. The molecule has 1 fully saturated rings. The van der Waals surface area contributed by atoms with Crippen LogP contribution >= 0.6 is 0 Å². The normalized spacial score (nSPS) is 19.3. The molecule has 0 unspecified atom stereocenters. The van der Waals surface area contributed by atoms with Crippen molar-refractivity contribution in [3.05, 3.63) is 42.1 Å². The van der Waals surface area contributed by atoms with Crippen LogP contribution in [0.2, 0.25) is 0 Å². The Labute approximate surface area is 120 Å². The van der Waals surface area contributed by atoms with Crippen molar-refractivity contribution in [2.75, 3.05) is 19.6 Å². The molecule has 0 spiro atoms. The van der Waals surface area contributed by atoms with E-state index in [0.717, 1.165) is 31.7 Å². The van der Waals surface area contributed by atoms with Crippen molar-refractivity contribution in [1.82, 2.24) is 9.88 Å². The van der Waals surface area contributed by atoms with Gasteiger partial charge in [0.25, 0.3) is 0 Å². The smallest absolute Gasteiger partial charge is 0.0705 e. The zero-order valence-electron chi connectivity index (χ0n) is 12.2. The number of fused-ring (bicyclic) bond motifs is 1. The van der Waals surface area contributed by atoms with Crippen LogP contribution in [0.3, 0.4) is 0 Å². The summed E-state index contributed by atoms with van der Waals surface area (Å²) in [5.74, 6) is 0. The minimum Gasteiger partial charge on any atom is -0.330 e. The van der Waals surface area contributed by atoms with Crippen molar-refractivity contribution in [1.29, 1.82) is 0 Å². The van der Waals surface area contributed by atoms with Crippen LogP contribution in [-0.2, 0) is 6.54 Å². The largest absolute Gasteiger partial charge is 0.330 e. The Hall–Kier alpha value is -1.45. The number of pyridine rings is 1. The first-order chi connectivity index (χ1) is 9.70. The summed E-state index contributed by atoms with van der Waals surface area (Å²) < 4.78 is 0. The van der Waals surface area contributed by atoms with E-state index in [0.29, 0.717) is 5.41 Å². The number of nitrogens with two attached hydrogens (primary N) is 1. The van der Waals surface area contributed by atoms with E-state index in [-0.39, 0.29) is 0 Å². The fraction of sp³-hybridized carbons (Fsp3) is 0.471. The summed E-state index contributed by atoms with van der Waals surface area (Å²) in [4.78, 5) is 6.98. The molecule has 1 aromatic heterocycles. The molecule has 1 aromatic carbocycles. The predicted octanol–water partition coefficient (Wildman–Crippen LogP) is 2.80. The van der Waals surface area contributed by atoms with E-state index in [2.05, 4.69) is 41.1 Å². The Kier molecular flexibility index (Phi) is 3.72. The zero-order chi connectivity index (χ0) is 14.0. The second-order valence-corrected chi connectivity index (χ2v) is 6.28. The minimum absolute atomic E-state index is 0.344. The van der Waals surface area contributed by atoms with E-state index < -0.39 is 0 Å². The molecule has 1 aliphatic rings. The van der Waals surface area contributed by atoms with Crippen LogP contribution in [0.5, 0.6) is 0 Å². The average molecular weight is 269 g/mol. The standard InChI is InChI=1S/C17H23N3/c1-17(13-18)7-10-20(11-8-17)12-14-6-9-19-16-5-3-2-4-15(14)16/h2-6,9H,7-8,10-13,18H2,1H3. The number of para-hydroxylation sites is 1. The first-order valence-corrected chi connectivity index (χ1v) is 7.45. The SMILES string of the molecule is CC1(CN)CCN(Cc2ccnc3ccccc23)CC1. The minimum atomic E-state index is 0.344. The lowest BCUT2D eigenvalue weighted by atomic mass is 9.80. The highest BCUT2D eigenvalue weighted by Crippen LogP contribution is 2.30. The molecule has 0 bridgehead atoms. The molecular formula is C17H23N3. The zero-order valence-corrected chi connectivity index (χ0v) is 12.2. The molecule has 0 saturated carbocycles. The van der Waals surface area contributed by atoms with Gasteiger partial charge in [0, 0.05) is 18.1 Å². The molecule has 1 saturated heterocycles. The van der Waals surface area contributed by atoms with Crippen molar-refractivity contribution < 1.29 is 0 Å². The summed E-state index contributed by atoms with van der Waals surface area (Å²) in [5, 5.41) is 1.28. The van der Waals surface area contributed by atoms with E-state index in [4.69, 9.17) is 5.73 Å². The van der Waals surface area contributed by atoms with Gasteiger partial charge in [-0.1, -0.05) is 25.1 Å². The molecule has 0 radical (unpaired) electrons. The number of benzene rings is 1. The number of rotatable bonds is 3. The number of nitrogens with zero attached hydrogens (tertiary/aromatic N) is 2. The summed E-state index contributed by atoms with van der Waals surface area (Å²) in [6.07, 6.45) is 4.32. The van der Waals surface area contributed by atoms with Gasteiger partial charge >= 0.3 is 0 Å². The van der Waals surface area contributed by atoms with Gasteiger partial charge in [0.1, 0.15) is 0 Å². The molecular weight excluding hydrogens is 246 g/mol. The van der Waals surface area contributed by atoms with E-state index >= 15 is 0 Å². The van der Waals surface area contributed by atoms with Gasteiger partial charge in [0.2, 0.25) is 0 Å². The molecule has 0 amide bonds. The molecule has 3 rings (SSSR count). The summed E-state index contributed by atoms with van der Waals surface area (Å²) in [5.41, 5.74) is 8.70. The maximum Gasteiger partial charge on any atom is 0.0705 e. The molecule has 20 heavy (non-hydrogen) atoms. The average Bonchev–Trinajstić information content (AvgIpc) is 2.50. The lowest BCUT2D eigenvalue weighted by Gasteiger charge is -2.38. The molecule has 2 aromatic rings. The number of likely N-dealkylation sites (tertiary alicyclic amines) is 1. The maximum atomic E-state index is 5.88. The van der Waals surface area contributed by atoms with E-state index in [1.807, 2.05) is 12.3 Å². The summed E-state index contributed by atoms with van der Waals surface area (Å²) in [6.45, 7) is 6.42. The Bertz CT molecular complexity index is 580. The molecule has 3 heteroatoms. The van der Waals surface area contributed by atoms with Gasteiger partial charge in [0.05, 0.1) is 5.52 Å². The number of hydrogen-bond donors (Lipinski definition) is 1. The van der Waals surface area contributed by atoms with Crippen LogP contribution in [0, 0.1) is 5.41 Å². The van der Waals surface area contributed by atoms with Crippen LogP contribution in [0.25, 0.3) is 10.9 Å². The first-order valence-electron chi connectivity index (χ1n) is 7.45. The Balaban J connectivity index is 1.75. The summed E-state index contributed by atoms with van der Waals surface area (Å²) in [6, 6.07) is 10.5. The number of hydrogen-bond acceptors (Lipinski definition) is 3. The van der Waals surface area contributed by atoms with Crippen molar-refractivity contribution in [3.8, 4) is 0 Å². The second-order valence-electron chi connectivity index (χ2n) is 6.28. The molecule has 0 atom stereocenters. The molecule has 2 heterocycles. The third-order valence-corrected chi connectivity index (χ3v) is 4.69. The molecule has 0 aliphatic carbocycles. The van der Waals surface area contributed by atoms with Gasteiger partial charge in [-0.2, -0.15) is 0 Å². The summed E-state index contributed by atoms with van der Waals surface area (Å²) >= 11 is 0. The Morgan fingerprint density at radius 3 is 2.70 bits per heavy atom. The van der Waals surface area contributed by atoms with Gasteiger partial charge in [0.15, 0.2) is 0 Å². The lowest BCUT2D eigenvalue weighted by molar-refractivity contribution is 0.119. The van der Waals surface area contributed by atoms with Crippen molar-refractivity contribution in [3.63, 3.8) is 0 Å². The van der Waals surface area contributed by atoms with Crippen molar-refractivity contribution >= 4 is 10.9 Å². The van der Waals surface area contributed by atoms with Crippen LogP contribution in [0.4, 0.5) is 0 Å². The van der Waals surface area contributed by atoms with E-state index in [9.17, 15) is 0 Å². The highest BCUT2D eigenvalue weighted by Gasteiger charge is 2.28. The monoisotopic (exact) mass is 269 g/mol. The molecule has 2 N–H and O–H groups in total. The molecule has 106 valence electrons. The van der Waals surface area contributed by atoms with Crippen LogP contribution < -0.4 is 5.73 Å². The highest BCUT2D eigenvalue weighted by atomic mass is 15.1. The fourth-order valence-electron chi connectivity index (χ4n) is 2.99. The first kappa shape index (κ1) is 13.5. The molecule has 1 aliphatic heterocycles. The van der Waals surface area contributed by atoms with Crippen molar-refractivity contribution in [2.45, 2.75) is 26.3 Å². The van der Waals surface area contributed by atoms with Crippen molar-refractivity contribution in [2.24, 2.45) is 11.1 Å². The van der Waals surface area contributed by atoms with Crippen LogP contribution in [0.1, 0.15) is 25.3 Å². The van der Waals surface area contributed by atoms with Gasteiger partial charge < -0.3 is 5.73 Å². The Morgan fingerprint density at radius 1 is 1.20 bits per heavy atom.